The molecule has 0 aliphatic heterocycles. The van der Waals surface area contributed by atoms with Crippen molar-refractivity contribution in [3.8, 4) is 0 Å². The van der Waals surface area contributed by atoms with Gasteiger partial charge in [0.15, 0.2) is 0 Å². The molecule has 0 fully saturated rings. The summed E-state index contributed by atoms with van der Waals surface area (Å²) in [6.07, 6.45) is 3.39. The van der Waals surface area contributed by atoms with Crippen LogP contribution >= 0.6 is 22.6 Å². The predicted octanol–water partition coefficient (Wildman–Crippen LogP) is 3.26. The zero-order valence-corrected chi connectivity index (χ0v) is 7.63. The number of hydrogen-bond acceptors (Lipinski definition) is 0. The minimum Gasteiger partial charge on any atom is -0.0661 e. The second-order valence-corrected chi connectivity index (χ2v) is 3.58. The van der Waals surface area contributed by atoms with Crippen LogP contribution in [0.4, 0.5) is 0 Å². The smallest absolute Gasteiger partial charge is 0.0169 e. The van der Waals surface area contributed by atoms with Gasteiger partial charge >= 0.3 is 0 Å². The van der Waals surface area contributed by atoms with Crippen LogP contribution < -0.4 is 0 Å². The first-order valence-corrected chi connectivity index (χ1v) is 4.40. The Morgan fingerprint density at radius 2 is 2.10 bits per heavy atom. The van der Waals surface area contributed by atoms with Crippen molar-refractivity contribution in [2.75, 3.05) is 0 Å². The molecule has 1 aliphatic rings. The largest absolute Gasteiger partial charge is 0.0661 e. The Morgan fingerprint density at radius 1 is 1.30 bits per heavy atom. The lowest BCUT2D eigenvalue weighted by molar-refractivity contribution is 1.31. The van der Waals surface area contributed by atoms with Crippen LogP contribution in [0.25, 0.3) is 3.58 Å². The summed E-state index contributed by atoms with van der Waals surface area (Å²) >= 11 is 2.38. The average Bonchev–Trinajstić information content (AvgIpc) is 2.34. The lowest BCUT2D eigenvalue weighted by Crippen LogP contribution is -1.78. The Bertz CT molecular complexity index is 291. The summed E-state index contributed by atoms with van der Waals surface area (Å²) in [5.41, 5.74) is 2.88. The van der Waals surface area contributed by atoms with Gasteiger partial charge in [0.1, 0.15) is 0 Å². The third-order valence-corrected chi connectivity index (χ3v) is 2.80. The Hall–Kier alpha value is -0.310. The molecule has 52 valence electrons. The van der Waals surface area contributed by atoms with Gasteiger partial charge in [0.2, 0.25) is 0 Å². The van der Waals surface area contributed by atoms with Crippen LogP contribution in [0.15, 0.2) is 30.3 Å². The maximum atomic E-state index is 2.38. The van der Waals surface area contributed by atoms with Crippen molar-refractivity contribution in [2.45, 2.75) is 6.42 Å². The highest BCUT2D eigenvalue weighted by Crippen LogP contribution is 2.31. The molecule has 0 saturated carbocycles. The fraction of sp³-hybridized carbons (Fsp3) is 0.111. The Labute approximate surface area is 75.6 Å². The van der Waals surface area contributed by atoms with Crippen molar-refractivity contribution in [1.29, 1.82) is 0 Å². The van der Waals surface area contributed by atoms with Crippen molar-refractivity contribution in [3.63, 3.8) is 0 Å². The molecule has 0 saturated heterocycles. The predicted molar refractivity (Wildman–Crippen MR) is 54.3 cm³/mol. The molecule has 1 aliphatic carbocycles. The summed E-state index contributed by atoms with van der Waals surface area (Å²) in [5.74, 6) is 0. The molecule has 0 atom stereocenters. The van der Waals surface area contributed by atoms with E-state index in [1.165, 1.54) is 14.7 Å². The van der Waals surface area contributed by atoms with Crippen LogP contribution in [0.5, 0.6) is 0 Å². The number of halogens is 1. The summed E-state index contributed by atoms with van der Waals surface area (Å²) in [6, 6.07) is 8.57. The minimum absolute atomic E-state index is 0. The summed E-state index contributed by atoms with van der Waals surface area (Å²) in [5, 5.41) is 0. The first-order valence-electron chi connectivity index (χ1n) is 3.32. The Kier molecular flexibility index (Phi) is 1.52. The molecule has 1 heteroatoms. The minimum atomic E-state index is 0. The number of rotatable bonds is 0. The summed E-state index contributed by atoms with van der Waals surface area (Å²) in [7, 11) is 0. The Morgan fingerprint density at radius 3 is 2.90 bits per heavy atom. The van der Waals surface area contributed by atoms with E-state index in [0.717, 1.165) is 6.42 Å². The molecule has 0 aromatic heterocycles. The molecule has 0 bridgehead atoms. The number of fused-ring (bicyclic) bond motifs is 1. The van der Waals surface area contributed by atoms with Gasteiger partial charge in [0, 0.05) is 5.01 Å². The zero-order chi connectivity index (χ0) is 6.97. The van der Waals surface area contributed by atoms with E-state index < -0.39 is 0 Å². The SMILES string of the molecule is IC1=CCc2ccccc21.[HH]. The quantitative estimate of drug-likeness (QED) is 0.614. The monoisotopic (exact) mass is 244 g/mol. The highest BCUT2D eigenvalue weighted by atomic mass is 127. The van der Waals surface area contributed by atoms with Crippen molar-refractivity contribution >= 4 is 26.2 Å². The van der Waals surface area contributed by atoms with Gasteiger partial charge in [-0.15, -0.1) is 0 Å². The van der Waals surface area contributed by atoms with Crippen molar-refractivity contribution in [1.82, 2.24) is 0 Å². The fourth-order valence-electron chi connectivity index (χ4n) is 1.24. The fourth-order valence-corrected chi connectivity index (χ4v) is 1.99. The number of benzene rings is 1. The van der Waals surface area contributed by atoms with E-state index in [-0.39, 0.29) is 1.43 Å². The van der Waals surface area contributed by atoms with Gasteiger partial charge in [0.25, 0.3) is 0 Å². The van der Waals surface area contributed by atoms with Gasteiger partial charge < -0.3 is 0 Å². The maximum Gasteiger partial charge on any atom is 0.0169 e. The van der Waals surface area contributed by atoms with Crippen LogP contribution in [0.1, 0.15) is 12.6 Å². The molecule has 0 unspecified atom stereocenters. The zero-order valence-electron chi connectivity index (χ0n) is 5.47. The van der Waals surface area contributed by atoms with Crippen LogP contribution in [-0.4, -0.2) is 0 Å². The van der Waals surface area contributed by atoms with Gasteiger partial charge in [-0.2, -0.15) is 0 Å². The molecular weight excluding hydrogens is 235 g/mol. The molecule has 2 rings (SSSR count). The van der Waals surface area contributed by atoms with Gasteiger partial charge in [-0.3, -0.25) is 0 Å². The first-order chi connectivity index (χ1) is 4.88. The van der Waals surface area contributed by atoms with Crippen molar-refractivity contribution < 1.29 is 1.43 Å². The van der Waals surface area contributed by atoms with Crippen LogP contribution in [0.2, 0.25) is 0 Å². The highest BCUT2D eigenvalue weighted by molar-refractivity contribution is 14.1. The second-order valence-electron chi connectivity index (χ2n) is 2.41. The van der Waals surface area contributed by atoms with E-state index >= 15 is 0 Å². The van der Waals surface area contributed by atoms with E-state index in [9.17, 15) is 0 Å². The maximum absolute atomic E-state index is 2.38. The summed E-state index contributed by atoms with van der Waals surface area (Å²) < 4.78 is 1.40. The third kappa shape index (κ3) is 0.888. The normalized spacial score (nSPS) is 14.7. The lowest BCUT2D eigenvalue weighted by Gasteiger charge is -1.96. The van der Waals surface area contributed by atoms with Gasteiger partial charge in [-0.05, 0) is 40.1 Å². The molecule has 0 radical (unpaired) electrons. The molecule has 1 aromatic rings. The first kappa shape index (κ1) is 6.40. The lowest BCUT2D eigenvalue weighted by atomic mass is 10.1. The third-order valence-electron chi connectivity index (χ3n) is 1.78. The van der Waals surface area contributed by atoms with E-state index in [1.54, 1.807) is 0 Å². The van der Waals surface area contributed by atoms with Gasteiger partial charge in [-0.25, -0.2) is 0 Å². The molecule has 10 heavy (non-hydrogen) atoms. The summed E-state index contributed by atoms with van der Waals surface area (Å²) in [6.45, 7) is 0. The molecule has 0 nitrogen and oxygen atoms in total. The molecular formula is C9H9I. The van der Waals surface area contributed by atoms with E-state index in [0.29, 0.717) is 0 Å². The highest BCUT2D eigenvalue weighted by Gasteiger charge is 2.08. The van der Waals surface area contributed by atoms with Gasteiger partial charge in [-0.1, -0.05) is 30.3 Å². The van der Waals surface area contributed by atoms with Crippen LogP contribution in [0, 0.1) is 0 Å². The second kappa shape index (κ2) is 2.38. The topological polar surface area (TPSA) is 0 Å². The number of allylic oxidation sites excluding steroid dienone is 1. The molecule has 0 spiro atoms. The Balaban J connectivity index is 0.000000605. The van der Waals surface area contributed by atoms with E-state index in [2.05, 4.69) is 52.9 Å². The molecule has 0 heterocycles. The summed E-state index contributed by atoms with van der Waals surface area (Å²) in [4.78, 5) is 0. The molecule has 0 N–H and O–H groups in total. The van der Waals surface area contributed by atoms with E-state index in [1.807, 2.05) is 0 Å². The standard InChI is InChI=1S/C9H7I.H2/c10-9-6-5-7-3-1-2-4-8(7)9;/h1-4,6H,5H2;1H. The number of hydrogen-bond donors (Lipinski definition) is 0. The van der Waals surface area contributed by atoms with E-state index in [4.69, 9.17) is 0 Å². The molecule has 0 amide bonds. The molecule has 1 aromatic carbocycles. The average molecular weight is 244 g/mol. The van der Waals surface area contributed by atoms with Crippen LogP contribution in [-0.2, 0) is 6.42 Å². The van der Waals surface area contributed by atoms with Crippen LogP contribution in [0.3, 0.4) is 0 Å². The van der Waals surface area contributed by atoms with Crippen molar-refractivity contribution in [2.24, 2.45) is 0 Å². The van der Waals surface area contributed by atoms with Gasteiger partial charge in [0.05, 0.1) is 0 Å². The van der Waals surface area contributed by atoms with Crippen molar-refractivity contribution in [3.05, 3.63) is 41.5 Å².